The van der Waals surface area contributed by atoms with E-state index in [-0.39, 0.29) is 11.7 Å². The van der Waals surface area contributed by atoms with E-state index in [9.17, 15) is 10.1 Å². The van der Waals surface area contributed by atoms with Crippen LogP contribution >= 0.6 is 0 Å². The van der Waals surface area contributed by atoms with E-state index < -0.39 is 4.92 Å². The molecule has 2 N–H and O–H groups in total. The molecule has 106 valence electrons. The van der Waals surface area contributed by atoms with Crippen molar-refractivity contribution in [3.8, 4) is 0 Å². The van der Waals surface area contributed by atoms with Crippen molar-refractivity contribution in [2.75, 3.05) is 0 Å². The fourth-order valence-corrected chi connectivity index (χ4v) is 2.07. The van der Waals surface area contributed by atoms with Gasteiger partial charge >= 0.3 is 0 Å². The van der Waals surface area contributed by atoms with Crippen molar-refractivity contribution in [2.24, 2.45) is 5.73 Å². The zero-order chi connectivity index (χ0) is 14.5. The molecule has 6 nitrogen and oxygen atoms in total. The van der Waals surface area contributed by atoms with Crippen molar-refractivity contribution in [3.63, 3.8) is 0 Å². The predicted octanol–water partition coefficient (Wildman–Crippen LogP) is 2.44. The molecule has 0 saturated carbocycles. The van der Waals surface area contributed by atoms with Crippen LogP contribution in [0.1, 0.15) is 30.6 Å². The third kappa shape index (κ3) is 3.21. The molecule has 2 rings (SSSR count). The lowest BCUT2D eigenvalue weighted by molar-refractivity contribution is -0.384. The summed E-state index contributed by atoms with van der Waals surface area (Å²) in [4.78, 5) is 14.3. The van der Waals surface area contributed by atoms with Gasteiger partial charge in [-0.15, -0.1) is 0 Å². The molecule has 6 heteroatoms. The van der Waals surface area contributed by atoms with Gasteiger partial charge in [0.15, 0.2) is 0 Å². The van der Waals surface area contributed by atoms with Gasteiger partial charge in [-0.3, -0.25) is 10.1 Å². The zero-order valence-electron chi connectivity index (χ0n) is 11.4. The Kier molecular flexibility index (Phi) is 4.47. The van der Waals surface area contributed by atoms with Gasteiger partial charge in [-0.2, -0.15) is 0 Å². The zero-order valence-corrected chi connectivity index (χ0v) is 11.4. The predicted molar refractivity (Wildman–Crippen MR) is 76.2 cm³/mol. The Hall–Kier alpha value is -2.21. The maximum atomic E-state index is 10.6. The molecular formula is C14H18N4O2. The Balaban J connectivity index is 2.02. The van der Waals surface area contributed by atoms with Crippen molar-refractivity contribution < 1.29 is 4.92 Å². The minimum Gasteiger partial charge on any atom is -0.333 e. The quantitative estimate of drug-likeness (QED) is 0.647. The molecule has 2 aromatic rings. The monoisotopic (exact) mass is 274 g/mol. The number of nitro benzene ring substituents is 1. The van der Waals surface area contributed by atoms with Crippen molar-refractivity contribution in [1.82, 2.24) is 9.55 Å². The lowest BCUT2D eigenvalue weighted by Crippen LogP contribution is -2.15. The Morgan fingerprint density at radius 2 is 2.10 bits per heavy atom. The molecule has 0 radical (unpaired) electrons. The molecule has 0 amide bonds. The molecule has 1 aromatic carbocycles. The van der Waals surface area contributed by atoms with Crippen LogP contribution in [-0.4, -0.2) is 14.5 Å². The van der Waals surface area contributed by atoms with Gasteiger partial charge in [0, 0.05) is 30.9 Å². The molecule has 0 saturated heterocycles. The van der Waals surface area contributed by atoms with E-state index in [1.54, 1.807) is 24.7 Å². The summed E-state index contributed by atoms with van der Waals surface area (Å²) < 4.78 is 2.04. The largest absolute Gasteiger partial charge is 0.333 e. The highest BCUT2D eigenvalue weighted by molar-refractivity contribution is 5.32. The molecule has 0 unspecified atom stereocenters. The first-order valence-corrected chi connectivity index (χ1v) is 6.60. The molecule has 1 aromatic heterocycles. The van der Waals surface area contributed by atoms with Gasteiger partial charge in [0.2, 0.25) is 0 Å². The summed E-state index contributed by atoms with van der Waals surface area (Å²) in [5.74, 6) is 0. The lowest BCUT2D eigenvalue weighted by Gasteiger charge is -2.12. The molecule has 1 atom stereocenters. The lowest BCUT2D eigenvalue weighted by atomic mass is 10.1. The SMILES string of the molecule is CC[C@@H](N)c1cncn1CCc1ccc([N+](=O)[O-])cc1. The highest BCUT2D eigenvalue weighted by atomic mass is 16.6. The molecule has 0 aliphatic rings. The van der Waals surface area contributed by atoms with Crippen LogP contribution < -0.4 is 5.73 Å². The second-order valence-corrected chi connectivity index (χ2v) is 4.70. The van der Waals surface area contributed by atoms with Gasteiger partial charge in [-0.05, 0) is 18.4 Å². The summed E-state index contributed by atoms with van der Waals surface area (Å²) in [6.45, 7) is 2.80. The average molecular weight is 274 g/mol. The Labute approximate surface area is 117 Å². The van der Waals surface area contributed by atoms with Crippen molar-refractivity contribution in [3.05, 3.63) is 58.2 Å². The number of aromatic nitrogens is 2. The maximum absolute atomic E-state index is 10.6. The molecule has 1 heterocycles. The molecule has 0 aliphatic heterocycles. The fraction of sp³-hybridized carbons (Fsp3) is 0.357. The maximum Gasteiger partial charge on any atom is 0.269 e. The Bertz CT molecular complexity index is 577. The first-order chi connectivity index (χ1) is 9.61. The third-order valence-electron chi connectivity index (χ3n) is 3.35. The van der Waals surface area contributed by atoms with Crippen LogP contribution in [0.15, 0.2) is 36.8 Å². The summed E-state index contributed by atoms with van der Waals surface area (Å²) in [5, 5.41) is 10.6. The van der Waals surface area contributed by atoms with Crippen LogP contribution in [0.3, 0.4) is 0 Å². The van der Waals surface area contributed by atoms with Gasteiger partial charge in [0.05, 0.1) is 16.9 Å². The van der Waals surface area contributed by atoms with Crippen LogP contribution in [-0.2, 0) is 13.0 Å². The molecule has 0 aliphatic carbocycles. The number of benzene rings is 1. The van der Waals surface area contributed by atoms with Gasteiger partial charge < -0.3 is 10.3 Å². The van der Waals surface area contributed by atoms with Crippen LogP contribution in [0.2, 0.25) is 0 Å². The van der Waals surface area contributed by atoms with Crippen molar-refractivity contribution >= 4 is 5.69 Å². The number of imidazole rings is 1. The minimum absolute atomic E-state index is 0.00522. The molecular weight excluding hydrogens is 256 g/mol. The number of hydrogen-bond acceptors (Lipinski definition) is 4. The number of nitro groups is 1. The molecule has 20 heavy (non-hydrogen) atoms. The second kappa shape index (κ2) is 6.29. The van der Waals surface area contributed by atoms with Crippen LogP contribution in [0.5, 0.6) is 0 Å². The molecule has 0 fully saturated rings. The van der Waals surface area contributed by atoms with Crippen LogP contribution in [0.25, 0.3) is 0 Å². The number of non-ortho nitro benzene ring substituents is 1. The smallest absolute Gasteiger partial charge is 0.269 e. The first kappa shape index (κ1) is 14.2. The topological polar surface area (TPSA) is 87.0 Å². The third-order valence-corrected chi connectivity index (χ3v) is 3.35. The Morgan fingerprint density at radius 3 is 2.70 bits per heavy atom. The average Bonchev–Trinajstić information content (AvgIpc) is 2.93. The van der Waals surface area contributed by atoms with E-state index in [4.69, 9.17) is 5.73 Å². The molecule has 0 bridgehead atoms. The summed E-state index contributed by atoms with van der Waals surface area (Å²) in [6.07, 6.45) is 5.22. The standard InChI is InChI=1S/C14H18N4O2/c1-2-13(15)14-9-16-10-17(14)8-7-11-3-5-12(6-4-11)18(19)20/h3-6,9-10,13H,2,7-8,15H2,1H3/t13-/m1/s1. The summed E-state index contributed by atoms with van der Waals surface area (Å²) in [6, 6.07) is 6.63. The van der Waals surface area contributed by atoms with Gasteiger partial charge in [0.1, 0.15) is 0 Å². The van der Waals surface area contributed by atoms with E-state index in [1.807, 2.05) is 11.5 Å². The highest BCUT2D eigenvalue weighted by Crippen LogP contribution is 2.15. The van der Waals surface area contributed by atoms with Crippen LogP contribution in [0, 0.1) is 10.1 Å². The van der Waals surface area contributed by atoms with E-state index in [1.165, 1.54) is 12.1 Å². The summed E-state index contributed by atoms with van der Waals surface area (Å²) in [5.41, 5.74) is 8.22. The van der Waals surface area contributed by atoms with E-state index in [0.717, 1.165) is 30.6 Å². The van der Waals surface area contributed by atoms with Crippen LogP contribution in [0.4, 0.5) is 5.69 Å². The fourth-order valence-electron chi connectivity index (χ4n) is 2.07. The van der Waals surface area contributed by atoms with Gasteiger partial charge in [-0.25, -0.2) is 4.98 Å². The van der Waals surface area contributed by atoms with Gasteiger partial charge in [0.25, 0.3) is 5.69 Å². The molecule has 0 spiro atoms. The summed E-state index contributed by atoms with van der Waals surface area (Å²) >= 11 is 0. The Morgan fingerprint density at radius 1 is 1.40 bits per heavy atom. The summed E-state index contributed by atoms with van der Waals surface area (Å²) in [7, 11) is 0. The number of hydrogen-bond donors (Lipinski definition) is 1. The number of nitrogens with zero attached hydrogens (tertiary/aromatic N) is 3. The number of rotatable bonds is 6. The normalized spacial score (nSPS) is 12.3. The second-order valence-electron chi connectivity index (χ2n) is 4.70. The van der Waals surface area contributed by atoms with Crippen molar-refractivity contribution in [2.45, 2.75) is 32.4 Å². The number of nitrogens with two attached hydrogens (primary N) is 1. The first-order valence-electron chi connectivity index (χ1n) is 6.60. The van der Waals surface area contributed by atoms with E-state index in [2.05, 4.69) is 4.98 Å². The number of aryl methyl sites for hydroxylation is 2. The van der Waals surface area contributed by atoms with Gasteiger partial charge in [-0.1, -0.05) is 19.1 Å². The van der Waals surface area contributed by atoms with Crippen molar-refractivity contribution in [1.29, 1.82) is 0 Å². The minimum atomic E-state index is -0.391. The van der Waals surface area contributed by atoms with E-state index >= 15 is 0 Å². The highest BCUT2D eigenvalue weighted by Gasteiger charge is 2.09. The van der Waals surface area contributed by atoms with E-state index in [0.29, 0.717) is 0 Å².